The first-order chi connectivity index (χ1) is 9.20. The topological polar surface area (TPSA) is 24.5 Å². The first-order valence-electron chi connectivity index (χ1n) is 7.25. The summed E-state index contributed by atoms with van der Waals surface area (Å²) in [6, 6.07) is 7.01. The van der Waals surface area contributed by atoms with Crippen LogP contribution in [0.5, 0.6) is 5.75 Å². The summed E-state index contributed by atoms with van der Waals surface area (Å²) in [5, 5.41) is 3.70. The van der Waals surface area contributed by atoms with Crippen molar-refractivity contribution >= 4 is 0 Å². The molecule has 0 amide bonds. The van der Waals surface area contributed by atoms with Gasteiger partial charge in [-0.3, -0.25) is 0 Å². The minimum atomic E-state index is 0.501. The van der Waals surface area contributed by atoms with E-state index in [9.17, 15) is 0 Å². The van der Waals surface area contributed by atoms with Gasteiger partial charge in [-0.25, -0.2) is 0 Å². The fourth-order valence-electron chi connectivity index (χ4n) is 2.79. The molecule has 1 aliphatic carbocycles. The molecule has 2 rings (SSSR count). The van der Waals surface area contributed by atoms with Crippen LogP contribution in [-0.2, 0) is 6.42 Å². The molecule has 0 heterocycles. The number of nitrogens with zero attached hydrogens (tertiary/aromatic N) is 1. The summed E-state index contributed by atoms with van der Waals surface area (Å²) in [5.41, 5.74) is 2.92. The van der Waals surface area contributed by atoms with Crippen molar-refractivity contribution in [2.45, 2.75) is 31.7 Å². The number of ether oxygens (including phenoxy) is 1. The van der Waals surface area contributed by atoms with Crippen LogP contribution in [0.1, 0.15) is 36.4 Å². The van der Waals surface area contributed by atoms with Crippen molar-refractivity contribution in [2.24, 2.45) is 0 Å². The molecule has 1 unspecified atom stereocenters. The third-order valence-corrected chi connectivity index (χ3v) is 3.84. The quantitative estimate of drug-likeness (QED) is 0.798. The van der Waals surface area contributed by atoms with Crippen LogP contribution in [0.4, 0.5) is 0 Å². The Bertz CT molecular complexity index is 404. The summed E-state index contributed by atoms with van der Waals surface area (Å²) in [4.78, 5) is 2.24. The molecular weight excluding hydrogens is 236 g/mol. The van der Waals surface area contributed by atoms with E-state index in [1.165, 1.54) is 36.8 Å². The second kappa shape index (κ2) is 6.92. The van der Waals surface area contributed by atoms with Crippen LogP contribution in [0, 0.1) is 0 Å². The van der Waals surface area contributed by atoms with E-state index >= 15 is 0 Å². The summed E-state index contributed by atoms with van der Waals surface area (Å²) >= 11 is 0. The first kappa shape index (κ1) is 14.4. The number of benzene rings is 1. The Morgan fingerprint density at radius 3 is 2.95 bits per heavy atom. The van der Waals surface area contributed by atoms with Crippen molar-refractivity contribution < 1.29 is 4.74 Å². The summed E-state index contributed by atoms with van der Waals surface area (Å²) < 4.78 is 5.35. The van der Waals surface area contributed by atoms with Crippen LogP contribution in [0.3, 0.4) is 0 Å². The van der Waals surface area contributed by atoms with Gasteiger partial charge in [0.2, 0.25) is 0 Å². The second-order valence-electron chi connectivity index (χ2n) is 5.62. The van der Waals surface area contributed by atoms with Crippen molar-refractivity contribution in [3.63, 3.8) is 0 Å². The van der Waals surface area contributed by atoms with Crippen LogP contribution in [0.2, 0.25) is 0 Å². The molecule has 0 aliphatic heterocycles. The van der Waals surface area contributed by atoms with Gasteiger partial charge in [0.1, 0.15) is 5.75 Å². The van der Waals surface area contributed by atoms with Crippen molar-refractivity contribution in [1.29, 1.82) is 0 Å². The average Bonchev–Trinajstić information content (AvgIpc) is 2.43. The molecule has 0 spiro atoms. The van der Waals surface area contributed by atoms with E-state index in [2.05, 4.69) is 42.5 Å². The maximum Gasteiger partial charge on any atom is 0.119 e. The summed E-state index contributed by atoms with van der Waals surface area (Å²) in [6.45, 7) is 2.23. The standard InChI is InChI=1S/C16H26N2O/c1-18(2)11-5-10-17-16-7-4-6-13-8-9-14(19-3)12-15(13)16/h8-9,12,16-17H,4-7,10-11H2,1-3H3. The Morgan fingerprint density at radius 1 is 1.37 bits per heavy atom. The lowest BCUT2D eigenvalue weighted by atomic mass is 9.87. The number of nitrogens with one attached hydrogen (secondary N) is 1. The van der Waals surface area contributed by atoms with Crippen LogP contribution in [-0.4, -0.2) is 39.2 Å². The highest BCUT2D eigenvalue weighted by atomic mass is 16.5. The van der Waals surface area contributed by atoms with E-state index in [-0.39, 0.29) is 0 Å². The van der Waals surface area contributed by atoms with Gasteiger partial charge in [0.15, 0.2) is 0 Å². The largest absolute Gasteiger partial charge is 0.497 e. The maximum atomic E-state index is 5.35. The zero-order valence-corrected chi connectivity index (χ0v) is 12.4. The molecule has 1 atom stereocenters. The average molecular weight is 262 g/mol. The van der Waals surface area contributed by atoms with E-state index < -0.39 is 0 Å². The SMILES string of the molecule is COc1ccc2c(c1)C(NCCCN(C)C)CCC2. The summed E-state index contributed by atoms with van der Waals surface area (Å²) in [7, 11) is 5.99. The lowest BCUT2D eigenvalue weighted by molar-refractivity contribution is 0.377. The number of rotatable bonds is 6. The minimum absolute atomic E-state index is 0.501. The highest BCUT2D eigenvalue weighted by Gasteiger charge is 2.20. The third-order valence-electron chi connectivity index (χ3n) is 3.84. The Kier molecular flexibility index (Phi) is 5.23. The molecule has 0 saturated heterocycles. The predicted octanol–water partition coefficient (Wildman–Crippen LogP) is 2.61. The van der Waals surface area contributed by atoms with Crippen LogP contribution in [0.25, 0.3) is 0 Å². The molecule has 3 nitrogen and oxygen atoms in total. The fraction of sp³-hybridized carbons (Fsp3) is 0.625. The van der Waals surface area contributed by atoms with E-state index in [0.717, 1.165) is 18.8 Å². The molecule has 3 heteroatoms. The maximum absolute atomic E-state index is 5.35. The third kappa shape index (κ3) is 3.95. The Balaban J connectivity index is 1.96. The summed E-state index contributed by atoms with van der Waals surface area (Å²) in [5.74, 6) is 0.973. The normalized spacial score (nSPS) is 18.4. The minimum Gasteiger partial charge on any atom is -0.497 e. The Labute approximate surface area is 116 Å². The molecular formula is C16H26N2O. The van der Waals surface area contributed by atoms with Crippen LogP contribution >= 0.6 is 0 Å². The number of aryl methyl sites for hydroxylation is 1. The fourth-order valence-corrected chi connectivity index (χ4v) is 2.79. The molecule has 1 aliphatic rings. The van der Waals surface area contributed by atoms with Crippen LogP contribution < -0.4 is 10.1 Å². The van der Waals surface area contributed by atoms with Crippen molar-refractivity contribution in [3.8, 4) is 5.75 Å². The van der Waals surface area contributed by atoms with Gasteiger partial charge in [-0.05, 0) is 76.1 Å². The van der Waals surface area contributed by atoms with Gasteiger partial charge >= 0.3 is 0 Å². The van der Waals surface area contributed by atoms with Gasteiger partial charge in [-0.1, -0.05) is 6.07 Å². The smallest absolute Gasteiger partial charge is 0.119 e. The molecule has 1 aromatic carbocycles. The molecule has 0 fully saturated rings. The number of hydrogen-bond donors (Lipinski definition) is 1. The molecule has 1 N–H and O–H groups in total. The van der Waals surface area contributed by atoms with E-state index in [0.29, 0.717) is 6.04 Å². The molecule has 0 saturated carbocycles. The second-order valence-corrected chi connectivity index (χ2v) is 5.62. The van der Waals surface area contributed by atoms with E-state index in [4.69, 9.17) is 4.74 Å². The highest BCUT2D eigenvalue weighted by molar-refractivity contribution is 5.39. The van der Waals surface area contributed by atoms with Gasteiger partial charge in [0.05, 0.1) is 7.11 Å². The van der Waals surface area contributed by atoms with Gasteiger partial charge in [0.25, 0.3) is 0 Å². The van der Waals surface area contributed by atoms with Crippen molar-refractivity contribution in [3.05, 3.63) is 29.3 Å². The molecule has 0 aromatic heterocycles. The van der Waals surface area contributed by atoms with E-state index in [1.807, 2.05) is 0 Å². The zero-order chi connectivity index (χ0) is 13.7. The molecule has 19 heavy (non-hydrogen) atoms. The summed E-state index contributed by atoms with van der Waals surface area (Å²) in [6.07, 6.45) is 4.92. The van der Waals surface area contributed by atoms with Gasteiger partial charge in [-0.15, -0.1) is 0 Å². The molecule has 106 valence electrons. The highest BCUT2D eigenvalue weighted by Crippen LogP contribution is 2.32. The van der Waals surface area contributed by atoms with Crippen molar-refractivity contribution in [1.82, 2.24) is 10.2 Å². The Hall–Kier alpha value is -1.06. The number of fused-ring (bicyclic) bond motifs is 1. The van der Waals surface area contributed by atoms with Gasteiger partial charge in [0, 0.05) is 6.04 Å². The first-order valence-corrected chi connectivity index (χ1v) is 7.25. The van der Waals surface area contributed by atoms with Gasteiger partial charge in [-0.2, -0.15) is 0 Å². The van der Waals surface area contributed by atoms with E-state index in [1.54, 1.807) is 7.11 Å². The lowest BCUT2D eigenvalue weighted by Crippen LogP contribution is -2.28. The molecule has 0 bridgehead atoms. The van der Waals surface area contributed by atoms with Crippen molar-refractivity contribution in [2.75, 3.05) is 34.3 Å². The Morgan fingerprint density at radius 2 is 2.21 bits per heavy atom. The molecule has 0 radical (unpaired) electrons. The lowest BCUT2D eigenvalue weighted by Gasteiger charge is -2.27. The zero-order valence-electron chi connectivity index (χ0n) is 12.4. The van der Waals surface area contributed by atoms with Crippen LogP contribution in [0.15, 0.2) is 18.2 Å². The number of methoxy groups -OCH3 is 1. The molecule has 1 aromatic rings. The predicted molar refractivity (Wildman–Crippen MR) is 79.8 cm³/mol. The number of hydrogen-bond acceptors (Lipinski definition) is 3. The van der Waals surface area contributed by atoms with Gasteiger partial charge < -0.3 is 15.0 Å². The monoisotopic (exact) mass is 262 g/mol.